The number of amides is 1. The van der Waals surface area contributed by atoms with Crippen LogP contribution >= 0.6 is 0 Å². The molecule has 1 aliphatic heterocycles. The van der Waals surface area contributed by atoms with E-state index in [0.717, 1.165) is 19.5 Å². The van der Waals surface area contributed by atoms with Crippen LogP contribution < -0.4 is 0 Å². The highest BCUT2D eigenvalue weighted by Crippen LogP contribution is 2.10. The quantitative estimate of drug-likeness (QED) is 0.803. The molecule has 4 heteroatoms. The number of hydrogen-bond donors (Lipinski definition) is 1. The topological polar surface area (TPSA) is 43.8 Å². The number of nitrogens with zero attached hydrogens (tertiary/aromatic N) is 2. The Kier molecular flexibility index (Phi) is 6.09. The van der Waals surface area contributed by atoms with Crippen molar-refractivity contribution >= 4 is 5.91 Å². The molecule has 1 saturated heterocycles. The van der Waals surface area contributed by atoms with Crippen LogP contribution in [0.1, 0.15) is 34.1 Å². The Labute approximate surface area is 111 Å². The minimum absolute atomic E-state index is 0.156. The lowest BCUT2D eigenvalue weighted by Crippen LogP contribution is -2.39. The van der Waals surface area contributed by atoms with Crippen molar-refractivity contribution in [2.45, 2.75) is 40.2 Å². The van der Waals surface area contributed by atoms with Crippen molar-refractivity contribution in [1.82, 2.24) is 9.80 Å². The Morgan fingerprint density at radius 2 is 1.89 bits per heavy atom. The van der Waals surface area contributed by atoms with E-state index in [-0.39, 0.29) is 5.91 Å². The van der Waals surface area contributed by atoms with Crippen molar-refractivity contribution in [2.24, 2.45) is 11.8 Å². The Bertz CT molecular complexity index is 267. The van der Waals surface area contributed by atoms with Crippen molar-refractivity contribution in [2.75, 3.05) is 32.7 Å². The summed E-state index contributed by atoms with van der Waals surface area (Å²) in [4.78, 5) is 16.0. The molecule has 18 heavy (non-hydrogen) atoms. The molecule has 0 aromatic rings. The van der Waals surface area contributed by atoms with Gasteiger partial charge in [-0.25, -0.2) is 0 Å². The molecule has 0 aliphatic carbocycles. The molecule has 1 atom stereocenters. The van der Waals surface area contributed by atoms with Gasteiger partial charge in [-0.05, 0) is 24.8 Å². The summed E-state index contributed by atoms with van der Waals surface area (Å²) in [5.41, 5.74) is 0. The van der Waals surface area contributed by atoms with E-state index in [1.807, 2.05) is 4.90 Å². The molecule has 4 nitrogen and oxygen atoms in total. The van der Waals surface area contributed by atoms with E-state index in [9.17, 15) is 9.90 Å². The van der Waals surface area contributed by atoms with Gasteiger partial charge in [0.2, 0.25) is 5.91 Å². The largest absolute Gasteiger partial charge is 0.390 e. The second kappa shape index (κ2) is 7.10. The molecular weight excluding hydrogens is 228 g/mol. The van der Waals surface area contributed by atoms with E-state index in [0.29, 0.717) is 31.5 Å². The van der Waals surface area contributed by atoms with Crippen LogP contribution in [0.2, 0.25) is 0 Å². The van der Waals surface area contributed by atoms with E-state index in [1.165, 1.54) is 0 Å². The maximum absolute atomic E-state index is 12.1. The molecule has 106 valence electrons. The Morgan fingerprint density at radius 1 is 1.22 bits per heavy atom. The van der Waals surface area contributed by atoms with Gasteiger partial charge in [0.25, 0.3) is 0 Å². The molecule has 1 amide bonds. The first-order valence-electron chi connectivity index (χ1n) is 7.06. The van der Waals surface area contributed by atoms with E-state index in [4.69, 9.17) is 0 Å². The first kappa shape index (κ1) is 15.4. The van der Waals surface area contributed by atoms with Crippen LogP contribution in [-0.4, -0.2) is 59.6 Å². The number of β-amino-alcohol motifs (C(OH)–C–C–N with tert-alkyl or cyclic N) is 1. The molecule has 0 radical (unpaired) electrons. The Morgan fingerprint density at radius 3 is 2.44 bits per heavy atom. The van der Waals surface area contributed by atoms with Gasteiger partial charge in [-0.15, -0.1) is 0 Å². The zero-order valence-electron chi connectivity index (χ0n) is 12.2. The summed E-state index contributed by atoms with van der Waals surface area (Å²) in [6, 6.07) is 0. The normalized spacial score (nSPS) is 22.9. The minimum atomic E-state index is -0.414. The smallest absolute Gasteiger partial charge is 0.236 e. The lowest BCUT2D eigenvalue weighted by Gasteiger charge is -2.23. The van der Waals surface area contributed by atoms with Crippen LogP contribution in [0.15, 0.2) is 0 Å². The van der Waals surface area contributed by atoms with Gasteiger partial charge in [0.05, 0.1) is 12.6 Å². The fourth-order valence-corrected chi connectivity index (χ4v) is 2.30. The zero-order valence-corrected chi connectivity index (χ0v) is 12.2. The number of hydrogen-bond acceptors (Lipinski definition) is 3. The average molecular weight is 256 g/mol. The molecule has 0 spiro atoms. The van der Waals surface area contributed by atoms with Crippen molar-refractivity contribution in [1.29, 1.82) is 0 Å². The van der Waals surface area contributed by atoms with Crippen LogP contribution in [0.4, 0.5) is 0 Å². The van der Waals surface area contributed by atoms with Gasteiger partial charge in [0.1, 0.15) is 0 Å². The monoisotopic (exact) mass is 256 g/mol. The van der Waals surface area contributed by atoms with E-state index >= 15 is 0 Å². The van der Waals surface area contributed by atoms with Gasteiger partial charge in [-0.3, -0.25) is 9.69 Å². The molecule has 0 saturated carbocycles. The van der Waals surface area contributed by atoms with Crippen molar-refractivity contribution < 1.29 is 9.90 Å². The summed E-state index contributed by atoms with van der Waals surface area (Å²) in [6.07, 6.45) is 0.659. The highest BCUT2D eigenvalue weighted by molar-refractivity contribution is 5.78. The summed E-state index contributed by atoms with van der Waals surface area (Å²) >= 11 is 0. The third-order valence-corrected chi connectivity index (χ3v) is 3.22. The summed E-state index contributed by atoms with van der Waals surface area (Å²) in [7, 11) is 0. The molecule has 1 fully saturated rings. The number of aliphatic hydroxyl groups excluding tert-OH is 1. The highest BCUT2D eigenvalue weighted by Gasteiger charge is 2.26. The predicted molar refractivity (Wildman–Crippen MR) is 73.3 cm³/mol. The number of carbonyl (C=O) groups is 1. The Hall–Kier alpha value is -0.610. The molecule has 1 heterocycles. The maximum atomic E-state index is 12.1. The van der Waals surface area contributed by atoms with E-state index in [1.54, 1.807) is 0 Å². The van der Waals surface area contributed by atoms with Crippen molar-refractivity contribution in [3.63, 3.8) is 0 Å². The fraction of sp³-hybridized carbons (Fsp3) is 0.929. The third-order valence-electron chi connectivity index (χ3n) is 3.22. The predicted octanol–water partition coefficient (Wildman–Crippen LogP) is 1.19. The van der Waals surface area contributed by atoms with Crippen LogP contribution in [0, 0.1) is 11.8 Å². The molecule has 0 bridgehead atoms. The first-order valence-corrected chi connectivity index (χ1v) is 7.06. The third kappa shape index (κ3) is 5.36. The highest BCUT2D eigenvalue weighted by atomic mass is 16.3. The van der Waals surface area contributed by atoms with Crippen LogP contribution in [0.3, 0.4) is 0 Å². The number of rotatable bonds is 5. The van der Waals surface area contributed by atoms with Crippen LogP contribution in [0.25, 0.3) is 0 Å². The fourth-order valence-electron chi connectivity index (χ4n) is 2.30. The van der Waals surface area contributed by atoms with Crippen molar-refractivity contribution in [3.05, 3.63) is 0 Å². The minimum Gasteiger partial charge on any atom is -0.390 e. The molecule has 0 aromatic heterocycles. The molecule has 1 rings (SSSR count). The molecule has 1 unspecified atom stereocenters. The number of carbonyl (C=O) groups excluding carboxylic acids is 1. The first-order chi connectivity index (χ1) is 8.38. The van der Waals surface area contributed by atoms with E-state index in [2.05, 4.69) is 32.6 Å². The van der Waals surface area contributed by atoms with Gasteiger partial charge in [-0.2, -0.15) is 0 Å². The standard InChI is InChI=1S/C14H28N2O2/c1-11(2)5-6-15-8-13(17)9-16(7-12(3)4)14(18)10-15/h11-13,17H,5-10H2,1-4H3. The second-order valence-corrected chi connectivity index (χ2v) is 6.26. The molecule has 0 aromatic carbocycles. The average Bonchev–Trinajstić information content (AvgIpc) is 2.35. The van der Waals surface area contributed by atoms with Gasteiger partial charge >= 0.3 is 0 Å². The van der Waals surface area contributed by atoms with Gasteiger partial charge in [-0.1, -0.05) is 27.7 Å². The SMILES string of the molecule is CC(C)CCN1CC(=O)N(CC(C)C)CC(O)C1. The van der Waals surface area contributed by atoms with Gasteiger partial charge in [0, 0.05) is 19.6 Å². The number of aliphatic hydroxyl groups is 1. The molecular formula is C14H28N2O2. The lowest BCUT2D eigenvalue weighted by molar-refractivity contribution is -0.132. The van der Waals surface area contributed by atoms with E-state index < -0.39 is 6.10 Å². The second-order valence-electron chi connectivity index (χ2n) is 6.26. The van der Waals surface area contributed by atoms with Crippen molar-refractivity contribution in [3.8, 4) is 0 Å². The maximum Gasteiger partial charge on any atom is 0.236 e. The lowest BCUT2D eigenvalue weighted by atomic mass is 10.1. The zero-order chi connectivity index (χ0) is 13.7. The summed E-state index contributed by atoms with van der Waals surface area (Å²) in [6.45, 7) is 11.8. The van der Waals surface area contributed by atoms with Crippen LogP contribution in [-0.2, 0) is 4.79 Å². The van der Waals surface area contributed by atoms with Gasteiger partial charge in [0.15, 0.2) is 0 Å². The summed E-state index contributed by atoms with van der Waals surface area (Å²) < 4.78 is 0. The molecule has 1 aliphatic rings. The Balaban J connectivity index is 2.54. The summed E-state index contributed by atoms with van der Waals surface area (Å²) in [5, 5.41) is 9.99. The summed E-state index contributed by atoms with van der Waals surface area (Å²) in [5.74, 6) is 1.24. The van der Waals surface area contributed by atoms with Crippen LogP contribution in [0.5, 0.6) is 0 Å². The molecule has 1 N–H and O–H groups in total. The van der Waals surface area contributed by atoms with Gasteiger partial charge < -0.3 is 10.0 Å².